The molecule has 2 aromatic heterocycles. The molecular weight excluding hydrogens is 579 g/mol. The normalized spacial score (nSPS) is 16.8. The lowest BCUT2D eigenvalue weighted by atomic mass is 9.93. The second kappa shape index (κ2) is 12.8. The van der Waals surface area contributed by atoms with E-state index in [2.05, 4.69) is 32.5 Å². The number of fused-ring (bicyclic) bond motifs is 1. The van der Waals surface area contributed by atoms with E-state index in [0.717, 1.165) is 66.4 Å². The number of likely N-dealkylation sites (tertiary alicyclic amines) is 1. The number of nitrogens with zero attached hydrogens (tertiary/aromatic N) is 4. The number of hydrogen-bond acceptors (Lipinski definition) is 7. The van der Waals surface area contributed by atoms with Crippen LogP contribution in [0.1, 0.15) is 51.6 Å². The van der Waals surface area contributed by atoms with E-state index in [0.29, 0.717) is 28.1 Å². The van der Waals surface area contributed by atoms with Crippen molar-refractivity contribution in [1.82, 2.24) is 14.9 Å². The highest BCUT2D eigenvalue weighted by Crippen LogP contribution is 2.37. The Hall–Kier alpha value is -4.21. The van der Waals surface area contributed by atoms with Crippen LogP contribution in [0.5, 0.6) is 5.88 Å². The number of aryl methyl sites for hydroxylation is 2. The van der Waals surface area contributed by atoms with Gasteiger partial charge in [-0.25, -0.2) is 9.37 Å². The van der Waals surface area contributed by atoms with Crippen molar-refractivity contribution in [3.63, 3.8) is 0 Å². The van der Waals surface area contributed by atoms with Gasteiger partial charge in [-0.05, 0) is 87.3 Å². The molecule has 4 aromatic rings. The van der Waals surface area contributed by atoms with Crippen LogP contribution in [-0.4, -0.2) is 53.6 Å². The summed E-state index contributed by atoms with van der Waals surface area (Å²) in [6.07, 6.45) is 3.82. The SMILES string of the molecule is Cc1cnc(C(=O)Nc2ccc3c(c2)NC(CN2CCC(c4cccc(OCc5ccc(Cl)cc5F)n4)CC2)N3C)c(C)c1. The molecule has 10 heteroatoms. The fourth-order valence-electron chi connectivity index (χ4n) is 5.98. The van der Waals surface area contributed by atoms with Crippen LogP contribution in [0.4, 0.5) is 21.5 Å². The zero-order valence-corrected chi connectivity index (χ0v) is 25.9. The van der Waals surface area contributed by atoms with Gasteiger partial charge in [0.05, 0.1) is 11.4 Å². The summed E-state index contributed by atoms with van der Waals surface area (Å²) in [5.41, 5.74) is 6.60. The molecule has 1 fully saturated rings. The van der Waals surface area contributed by atoms with Gasteiger partial charge < -0.3 is 20.3 Å². The second-order valence-electron chi connectivity index (χ2n) is 11.6. The highest BCUT2D eigenvalue weighted by atomic mass is 35.5. The van der Waals surface area contributed by atoms with Crippen molar-refractivity contribution in [2.45, 2.75) is 45.4 Å². The summed E-state index contributed by atoms with van der Waals surface area (Å²) in [6, 6.07) is 18.3. The molecule has 1 unspecified atom stereocenters. The van der Waals surface area contributed by atoms with E-state index in [4.69, 9.17) is 21.3 Å². The van der Waals surface area contributed by atoms with Crippen molar-refractivity contribution >= 4 is 34.6 Å². The number of pyridine rings is 2. The molecule has 6 rings (SSSR count). The molecule has 1 atom stereocenters. The van der Waals surface area contributed by atoms with Crippen LogP contribution >= 0.6 is 11.6 Å². The van der Waals surface area contributed by atoms with E-state index in [1.165, 1.54) is 6.07 Å². The molecule has 2 N–H and O–H groups in total. The lowest BCUT2D eigenvalue weighted by molar-refractivity contribution is 0.102. The van der Waals surface area contributed by atoms with Gasteiger partial charge in [-0.3, -0.25) is 14.7 Å². The van der Waals surface area contributed by atoms with Crippen molar-refractivity contribution in [1.29, 1.82) is 0 Å². The first-order valence-corrected chi connectivity index (χ1v) is 15.3. The summed E-state index contributed by atoms with van der Waals surface area (Å²) in [7, 11) is 2.10. The molecule has 8 nitrogen and oxygen atoms in total. The van der Waals surface area contributed by atoms with E-state index in [9.17, 15) is 9.18 Å². The molecule has 2 aliphatic heterocycles. The number of rotatable bonds is 8. The fraction of sp³-hybridized carbons (Fsp3) is 0.324. The number of aromatic nitrogens is 2. The van der Waals surface area contributed by atoms with Crippen molar-refractivity contribution in [2.24, 2.45) is 0 Å². The number of halogens is 2. The summed E-state index contributed by atoms with van der Waals surface area (Å²) >= 11 is 5.86. The van der Waals surface area contributed by atoms with E-state index < -0.39 is 0 Å². The van der Waals surface area contributed by atoms with Crippen molar-refractivity contribution < 1.29 is 13.9 Å². The first-order valence-electron chi connectivity index (χ1n) is 14.9. The van der Waals surface area contributed by atoms with Crippen LogP contribution in [0.3, 0.4) is 0 Å². The van der Waals surface area contributed by atoms with E-state index in [1.807, 2.05) is 56.3 Å². The number of anilines is 3. The van der Waals surface area contributed by atoms with Crippen LogP contribution in [0.2, 0.25) is 5.02 Å². The third kappa shape index (κ3) is 6.64. The second-order valence-corrected chi connectivity index (χ2v) is 12.1. The highest BCUT2D eigenvalue weighted by Gasteiger charge is 2.30. The van der Waals surface area contributed by atoms with E-state index in [-0.39, 0.29) is 24.5 Å². The zero-order valence-electron chi connectivity index (χ0n) is 25.1. The molecule has 1 amide bonds. The minimum atomic E-state index is -0.385. The smallest absolute Gasteiger partial charge is 0.274 e. The summed E-state index contributed by atoms with van der Waals surface area (Å²) < 4.78 is 20.0. The number of likely N-dealkylation sites (N-methyl/N-ethyl adjacent to an activating group) is 1. The van der Waals surface area contributed by atoms with Crippen molar-refractivity contribution in [3.8, 4) is 5.88 Å². The minimum Gasteiger partial charge on any atom is -0.473 e. The number of piperidine rings is 1. The molecule has 0 aliphatic carbocycles. The Morgan fingerprint density at radius 1 is 1.11 bits per heavy atom. The minimum absolute atomic E-state index is 0.0969. The van der Waals surface area contributed by atoms with Gasteiger partial charge in [-0.15, -0.1) is 0 Å². The monoisotopic (exact) mass is 614 g/mol. The molecule has 0 saturated carbocycles. The summed E-state index contributed by atoms with van der Waals surface area (Å²) in [5, 5.41) is 7.00. The molecule has 0 bridgehead atoms. The molecule has 0 radical (unpaired) electrons. The van der Waals surface area contributed by atoms with Gasteiger partial charge in [-0.2, -0.15) is 0 Å². The Morgan fingerprint density at radius 2 is 1.93 bits per heavy atom. The molecule has 2 aromatic carbocycles. The van der Waals surface area contributed by atoms with Crippen molar-refractivity contribution in [2.75, 3.05) is 42.2 Å². The quantitative estimate of drug-likeness (QED) is 0.226. The maximum atomic E-state index is 14.1. The number of carbonyl (C=O) groups excluding carboxylic acids is 1. The molecule has 228 valence electrons. The van der Waals surface area contributed by atoms with Gasteiger partial charge >= 0.3 is 0 Å². The van der Waals surface area contributed by atoms with Gasteiger partial charge in [0.1, 0.15) is 24.3 Å². The number of benzene rings is 2. The third-order valence-corrected chi connectivity index (χ3v) is 8.66. The van der Waals surface area contributed by atoms with Crippen molar-refractivity contribution in [3.05, 3.63) is 106 Å². The Kier molecular flexibility index (Phi) is 8.68. The largest absolute Gasteiger partial charge is 0.473 e. The molecule has 0 spiro atoms. The number of hydrogen-bond donors (Lipinski definition) is 2. The average Bonchev–Trinajstić information content (AvgIpc) is 3.31. The van der Waals surface area contributed by atoms with Crippen LogP contribution in [0.25, 0.3) is 0 Å². The van der Waals surface area contributed by atoms with Crippen LogP contribution in [0, 0.1) is 19.7 Å². The highest BCUT2D eigenvalue weighted by molar-refractivity contribution is 6.30. The van der Waals surface area contributed by atoms with Gasteiger partial charge in [-0.1, -0.05) is 29.8 Å². The molecule has 2 aliphatic rings. The lowest BCUT2D eigenvalue weighted by Gasteiger charge is -2.35. The summed E-state index contributed by atoms with van der Waals surface area (Å²) in [5.74, 6) is 0.237. The Morgan fingerprint density at radius 3 is 2.70 bits per heavy atom. The Bertz CT molecular complexity index is 1680. The predicted octanol–water partition coefficient (Wildman–Crippen LogP) is 6.78. The Labute approximate surface area is 262 Å². The topological polar surface area (TPSA) is 82.6 Å². The van der Waals surface area contributed by atoms with Crippen LogP contribution in [0.15, 0.2) is 66.9 Å². The number of amides is 1. The number of ether oxygens (including phenoxy) is 1. The molecule has 44 heavy (non-hydrogen) atoms. The first-order chi connectivity index (χ1) is 21.2. The summed E-state index contributed by atoms with van der Waals surface area (Å²) in [4.78, 5) is 26.7. The zero-order chi connectivity index (χ0) is 30.8. The maximum absolute atomic E-state index is 14.1. The average molecular weight is 615 g/mol. The van der Waals surface area contributed by atoms with E-state index in [1.54, 1.807) is 18.3 Å². The van der Waals surface area contributed by atoms with Crippen LogP contribution in [-0.2, 0) is 6.61 Å². The summed E-state index contributed by atoms with van der Waals surface area (Å²) in [6.45, 7) is 6.75. The fourth-order valence-corrected chi connectivity index (χ4v) is 6.14. The lowest BCUT2D eigenvalue weighted by Crippen LogP contribution is -2.46. The standard InChI is InChI=1S/C34H36ClFN6O2/c1-21-15-22(2)33(37-18-21)34(43)38-26-9-10-30-29(17-26)39-31(41(30)3)19-42-13-11-23(12-14-42)28-5-4-6-32(40-28)44-20-24-7-8-25(35)16-27(24)36/h4-10,15-18,23,31,39H,11-14,19-20H2,1-3H3,(H,38,43). The first kappa shape index (κ1) is 29.8. The maximum Gasteiger partial charge on any atom is 0.274 e. The van der Waals surface area contributed by atoms with E-state index >= 15 is 0 Å². The molecular formula is C34H36ClFN6O2. The number of nitrogens with one attached hydrogen (secondary N) is 2. The van der Waals surface area contributed by atoms with Crippen LogP contribution < -0.4 is 20.3 Å². The molecule has 4 heterocycles. The van der Waals surface area contributed by atoms with Gasteiger partial charge in [0.15, 0.2) is 0 Å². The Balaban J connectivity index is 1.01. The number of carbonyl (C=O) groups is 1. The predicted molar refractivity (Wildman–Crippen MR) is 172 cm³/mol. The van der Waals surface area contributed by atoms with Gasteiger partial charge in [0, 0.05) is 53.7 Å². The third-order valence-electron chi connectivity index (χ3n) is 8.43. The van der Waals surface area contributed by atoms with Gasteiger partial charge in [0.2, 0.25) is 5.88 Å². The molecule has 1 saturated heterocycles. The van der Waals surface area contributed by atoms with Gasteiger partial charge in [0.25, 0.3) is 5.91 Å².